The summed E-state index contributed by atoms with van der Waals surface area (Å²) in [5.41, 5.74) is 0. The van der Waals surface area contributed by atoms with E-state index < -0.39 is 16.7 Å². The maximum absolute atomic E-state index is 10.9. The van der Waals surface area contributed by atoms with E-state index in [1.165, 1.54) is 0 Å². The van der Waals surface area contributed by atoms with Gasteiger partial charge in [-0.2, -0.15) is 8.42 Å². The fourth-order valence-corrected chi connectivity index (χ4v) is 1.54. The van der Waals surface area contributed by atoms with Crippen molar-refractivity contribution in [1.29, 1.82) is 0 Å². The van der Waals surface area contributed by atoms with E-state index in [0.29, 0.717) is 13.2 Å². The Kier molecular flexibility index (Phi) is 4.07. The Morgan fingerprint density at radius 3 is 2.77 bits per heavy atom. The Morgan fingerprint density at radius 2 is 2.23 bits per heavy atom. The second-order valence-corrected chi connectivity index (χ2v) is 3.53. The predicted octanol–water partition coefficient (Wildman–Crippen LogP) is -0.343. The third-order valence-electron chi connectivity index (χ3n) is 1.27. The molecule has 0 aromatic rings. The molecule has 0 bridgehead atoms. The zero-order chi connectivity index (χ0) is 9.73. The molecule has 1 heterocycles. The Balaban J connectivity index is 2.37. The van der Waals surface area contributed by atoms with E-state index in [4.69, 9.17) is 9.47 Å². The van der Waals surface area contributed by atoms with Crippen LogP contribution in [0.3, 0.4) is 0 Å². The lowest BCUT2D eigenvalue weighted by Gasteiger charge is -2.21. The molecule has 0 aromatic heterocycles. The Labute approximate surface area is 77.1 Å². The van der Waals surface area contributed by atoms with Crippen LogP contribution in [-0.4, -0.2) is 41.1 Å². The molecule has 0 amide bonds. The molecule has 1 unspecified atom stereocenters. The zero-order valence-corrected chi connectivity index (χ0v) is 8.08. The normalized spacial score (nSPS) is 24.5. The number of hydrogen-bond acceptors (Lipinski definition) is 6. The number of rotatable bonds is 4. The average Bonchev–Trinajstić information content (AvgIpc) is 2.04. The van der Waals surface area contributed by atoms with E-state index in [9.17, 15) is 8.42 Å². The highest BCUT2D eigenvalue weighted by Crippen LogP contribution is 2.07. The van der Waals surface area contributed by atoms with Crippen molar-refractivity contribution in [2.45, 2.75) is 13.2 Å². The summed E-state index contributed by atoms with van der Waals surface area (Å²) in [4.78, 5) is 0. The third kappa shape index (κ3) is 4.01. The fourth-order valence-electron chi connectivity index (χ4n) is 0.825. The molecule has 0 aromatic carbocycles. The summed E-state index contributed by atoms with van der Waals surface area (Å²) in [6.07, 6.45) is -0.884. The van der Waals surface area contributed by atoms with Crippen LogP contribution < -0.4 is 0 Å². The van der Waals surface area contributed by atoms with Gasteiger partial charge in [0.2, 0.25) is 6.29 Å². The van der Waals surface area contributed by atoms with Crippen LogP contribution in [0.1, 0.15) is 6.92 Å². The first-order valence-corrected chi connectivity index (χ1v) is 5.24. The van der Waals surface area contributed by atoms with E-state index in [0.717, 1.165) is 0 Å². The quantitative estimate of drug-likeness (QED) is 0.634. The molecular formula is C6H12O6S. The first-order chi connectivity index (χ1) is 6.14. The third-order valence-corrected chi connectivity index (χ3v) is 2.25. The van der Waals surface area contributed by atoms with E-state index in [1.54, 1.807) is 6.92 Å². The molecule has 1 saturated heterocycles. The van der Waals surface area contributed by atoms with Crippen LogP contribution >= 0.6 is 0 Å². The smallest absolute Gasteiger partial charge is 0.374 e. The van der Waals surface area contributed by atoms with E-state index in [2.05, 4.69) is 8.37 Å². The second kappa shape index (κ2) is 4.87. The molecule has 0 saturated carbocycles. The van der Waals surface area contributed by atoms with Crippen molar-refractivity contribution in [1.82, 2.24) is 0 Å². The lowest BCUT2D eigenvalue weighted by atomic mass is 10.6. The second-order valence-electron chi connectivity index (χ2n) is 2.29. The Hall–Kier alpha value is -0.210. The number of hydrogen-bond donors (Lipinski definition) is 0. The van der Waals surface area contributed by atoms with Crippen LogP contribution in [0, 0.1) is 0 Å². The van der Waals surface area contributed by atoms with Gasteiger partial charge in [-0.05, 0) is 6.92 Å². The van der Waals surface area contributed by atoms with Crippen molar-refractivity contribution in [3.8, 4) is 0 Å². The summed E-state index contributed by atoms with van der Waals surface area (Å²) < 4.78 is 40.6. The molecule has 0 radical (unpaired) electrons. The van der Waals surface area contributed by atoms with Gasteiger partial charge in [0.05, 0.1) is 26.4 Å². The molecule has 7 heteroatoms. The van der Waals surface area contributed by atoms with Crippen LogP contribution in [-0.2, 0) is 28.2 Å². The lowest BCUT2D eigenvalue weighted by Crippen LogP contribution is -2.33. The monoisotopic (exact) mass is 212 g/mol. The highest BCUT2D eigenvalue weighted by Gasteiger charge is 2.22. The van der Waals surface area contributed by atoms with Crippen LogP contribution in [0.25, 0.3) is 0 Å². The summed E-state index contributed by atoms with van der Waals surface area (Å²) >= 11 is 0. The first-order valence-electron chi connectivity index (χ1n) is 3.91. The van der Waals surface area contributed by atoms with Crippen LogP contribution in [0.4, 0.5) is 0 Å². The molecular weight excluding hydrogens is 200 g/mol. The van der Waals surface area contributed by atoms with E-state index in [-0.39, 0.29) is 13.2 Å². The van der Waals surface area contributed by atoms with Crippen molar-refractivity contribution < 1.29 is 26.3 Å². The van der Waals surface area contributed by atoms with Gasteiger partial charge in [0.15, 0.2) is 0 Å². The van der Waals surface area contributed by atoms with Crippen molar-refractivity contribution in [3.05, 3.63) is 0 Å². The van der Waals surface area contributed by atoms with E-state index >= 15 is 0 Å². The van der Waals surface area contributed by atoms with Gasteiger partial charge >= 0.3 is 10.4 Å². The van der Waals surface area contributed by atoms with Crippen molar-refractivity contribution in [3.63, 3.8) is 0 Å². The van der Waals surface area contributed by atoms with Crippen molar-refractivity contribution in [2.24, 2.45) is 0 Å². The zero-order valence-electron chi connectivity index (χ0n) is 7.26. The van der Waals surface area contributed by atoms with Gasteiger partial charge in [0.25, 0.3) is 0 Å². The molecule has 0 aliphatic carbocycles. The largest absolute Gasteiger partial charge is 0.402 e. The van der Waals surface area contributed by atoms with Crippen molar-refractivity contribution >= 4 is 10.4 Å². The lowest BCUT2D eigenvalue weighted by molar-refractivity contribution is -0.172. The maximum Gasteiger partial charge on any atom is 0.402 e. The summed E-state index contributed by atoms with van der Waals surface area (Å²) in [6, 6.07) is 0. The summed E-state index contributed by atoms with van der Waals surface area (Å²) in [5, 5.41) is 0. The standard InChI is InChI=1S/C6H12O6S/c1-2-11-13(7,8)12-6-5-9-3-4-10-6/h6H,2-5H2,1H3. The minimum atomic E-state index is -3.94. The van der Waals surface area contributed by atoms with Gasteiger partial charge in [-0.25, -0.2) is 8.37 Å². The highest BCUT2D eigenvalue weighted by atomic mass is 32.3. The molecule has 13 heavy (non-hydrogen) atoms. The van der Waals surface area contributed by atoms with Crippen LogP contribution in [0.5, 0.6) is 0 Å². The maximum atomic E-state index is 10.9. The van der Waals surface area contributed by atoms with Crippen LogP contribution in [0.2, 0.25) is 0 Å². The average molecular weight is 212 g/mol. The molecule has 1 rings (SSSR count). The van der Waals surface area contributed by atoms with Gasteiger partial charge in [0, 0.05) is 0 Å². The van der Waals surface area contributed by atoms with E-state index in [1.807, 2.05) is 0 Å². The van der Waals surface area contributed by atoms with Gasteiger partial charge in [-0.3, -0.25) is 0 Å². The molecule has 1 aliphatic rings. The molecule has 0 N–H and O–H groups in total. The summed E-state index contributed by atoms with van der Waals surface area (Å²) in [6.45, 7) is 2.47. The predicted molar refractivity (Wildman–Crippen MR) is 42.2 cm³/mol. The van der Waals surface area contributed by atoms with Gasteiger partial charge in [0.1, 0.15) is 0 Å². The Morgan fingerprint density at radius 1 is 1.46 bits per heavy atom. The van der Waals surface area contributed by atoms with Gasteiger partial charge < -0.3 is 9.47 Å². The molecule has 1 fully saturated rings. The molecule has 1 atom stereocenters. The van der Waals surface area contributed by atoms with Crippen LogP contribution in [0.15, 0.2) is 0 Å². The fraction of sp³-hybridized carbons (Fsp3) is 1.00. The Bertz CT molecular complexity index is 230. The SMILES string of the molecule is CCOS(=O)(=O)OC1COCCO1. The topological polar surface area (TPSA) is 71.1 Å². The van der Waals surface area contributed by atoms with Crippen molar-refractivity contribution in [2.75, 3.05) is 26.4 Å². The summed E-state index contributed by atoms with van der Waals surface area (Å²) in [5.74, 6) is 0. The minimum absolute atomic E-state index is 0.0376. The van der Waals surface area contributed by atoms with Gasteiger partial charge in [-0.1, -0.05) is 0 Å². The first kappa shape index (κ1) is 10.9. The number of ether oxygens (including phenoxy) is 2. The minimum Gasteiger partial charge on any atom is -0.374 e. The van der Waals surface area contributed by atoms with Gasteiger partial charge in [-0.15, -0.1) is 0 Å². The summed E-state index contributed by atoms with van der Waals surface area (Å²) in [7, 11) is -3.94. The highest BCUT2D eigenvalue weighted by molar-refractivity contribution is 7.81. The molecule has 6 nitrogen and oxygen atoms in total. The molecule has 0 spiro atoms. The molecule has 1 aliphatic heterocycles. The molecule has 78 valence electrons.